The number of amidine groups is 1. The minimum absolute atomic E-state index is 0.303. The molecule has 0 aliphatic carbocycles. The zero-order chi connectivity index (χ0) is 13.4. The molecule has 2 aromatic carbocycles. The van der Waals surface area contributed by atoms with E-state index in [-0.39, 0.29) is 5.82 Å². The van der Waals surface area contributed by atoms with Crippen molar-refractivity contribution in [3.63, 3.8) is 0 Å². The minimum Gasteiger partial charge on any atom is -0.348 e. The molecule has 2 nitrogen and oxygen atoms in total. The summed E-state index contributed by atoms with van der Waals surface area (Å²) in [6.45, 7) is 1.19. The fourth-order valence-electron chi connectivity index (χ4n) is 2.33. The molecule has 0 atom stereocenters. The summed E-state index contributed by atoms with van der Waals surface area (Å²) in [5.41, 5.74) is 2.63. The van der Waals surface area contributed by atoms with Crippen molar-refractivity contribution in [2.45, 2.75) is 13.1 Å². The fourth-order valence-corrected chi connectivity index (χ4v) is 2.52. The molecule has 0 bridgehead atoms. The molecule has 1 heterocycles. The van der Waals surface area contributed by atoms with Crippen molar-refractivity contribution in [2.24, 2.45) is 0 Å². The van der Waals surface area contributed by atoms with E-state index in [1.807, 2.05) is 29.2 Å². The van der Waals surface area contributed by atoms with Crippen LogP contribution in [0.4, 0.5) is 4.39 Å². The number of fused-ring (bicyclic) bond motifs is 1. The van der Waals surface area contributed by atoms with Crippen LogP contribution in [0.5, 0.6) is 0 Å². The average Bonchev–Trinajstić information content (AvgIpc) is 2.70. The number of nitrogens with zero attached hydrogens (tertiary/aromatic N) is 1. The number of benzene rings is 2. The van der Waals surface area contributed by atoms with E-state index in [1.165, 1.54) is 12.1 Å². The smallest absolute Gasteiger partial charge is 0.129 e. The van der Waals surface area contributed by atoms with Crippen LogP contribution in [0, 0.1) is 11.2 Å². The van der Waals surface area contributed by atoms with Crippen molar-refractivity contribution in [3.05, 3.63) is 70.0 Å². The monoisotopic (exact) mass is 274 g/mol. The molecule has 19 heavy (non-hydrogen) atoms. The van der Waals surface area contributed by atoms with E-state index in [4.69, 9.17) is 17.0 Å². The average molecular weight is 275 g/mol. The van der Waals surface area contributed by atoms with Gasteiger partial charge in [-0.3, -0.25) is 5.41 Å². The lowest BCUT2D eigenvalue weighted by Crippen LogP contribution is -2.23. The van der Waals surface area contributed by atoms with Crippen molar-refractivity contribution in [1.82, 2.24) is 4.90 Å². The van der Waals surface area contributed by atoms with Gasteiger partial charge in [0, 0.05) is 23.7 Å². The highest BCUT2D eigenvalue weighted by Gasteiger charge is 2.24. The molecule has 1 aliphatic rings. The van der Waals surface area contributed by atoms with Gasteiger partial charge in [0.2, 0.25) is 0 Å². The first-order valence-corrected chi connectivity index (χ1v) is 6.38. The molecule has 0 unspecified atom stereocenters. The Morgan fingerprint density at radius 3 is 2.79 bits per heavy atom. The van der Waals surface area contributed by atoms with Crippen LogP contribution >= 0.6 is 11.6 Å². The SMILES string of the molecule is N=C1c2cc(F)ccc2CN1Cc1ccccc1Cl. The van der Waals surface area contributed by atoms with Crippen LogP contribution in [0.25, 0.3) is 0 Å². The van der Waals surface area contributed by atoms with Crippen molar-refractivity contribution in [2.75, 3.05) is 0 Å². The van der Waals surface area contributed by atoms with Crippen LogP contribution in [0.1, 0.15) is 16.7 Å². The maximum absolute atomic E-state index is 13.2. The van der Waals surface area contributed by atoms with E-state index >= 15 is 0 Å². The van der Waals surface area contributed by atoms with E-state index in [1.54, 1.807) is 6.07 Å². The highest BCUT2D eigenvalue weighted by atomic mass is 35.5. The summed E-state index contributed by atoms with van der Waals surface area (Å²) in [6, 6.07) is 12.2. The third-order valence-electron chi connectivity index (χ3n) is 3.32. The van der Waals surface area contributed by atoms with Crippen molar-refractivity contribution in [3.8, 4) is 0 Å². The molecule has 0 spiro atoms. The van der Waals surface area contributed by atoms with Gasteiger partial charge in [0.25, 0.3) is 0 Å². The lowest BCUT2D eigenvalue weighted by Gasteiger charge is -2.18. The number of rotatable bonds is 2. The van der Waals surface area contributed by atoms with Gasteiger partial charge in [-0.05, 0) is 29.3 Å². The number of hydrogen-bond acceptors (Lipinski definition) is 1. The molecule has 3 rings (SSSR count). The first-order chi connectivity index (χ1) is 9.15. The van der Waals surface area contributed by atoms with Crippen LogP contribution in [-0.4, -0.2) is 10.7 Å². The van der Waals surface area contributed by atoms with E-state index in [2.05, 4.69) is 0 Å². The molecule has 0 fully saturated rings. The van der Waals surface area contributed by atoms with E-state index in [0.29, 0.717) is 29.5 Å². The third-order valence-corrected chi connectivity index (χ3v) is 3.69. The number of halogens is 2. The summed E-state index contributed by atoms with van der Waals surface area (Å²) in [6.07, 6.45) is 0. The highest BCUT2D eigenvalue weighted by molar-refractivity contribution is 6.31. The van der Waals surface area contributed by atoms with Gasteiger partial charge in [-0.1, -0.05) is 35.9 Å². The summed E-state index contributed by atoms with van der Waals surface area (Å²) >= 11 is 6.13. The summed E-state index contributed by atoms with van der Waals surface area (Å²) < 4.78 is 13.2. The van der Waals surface area contributed by atoms with Crippen LogP contribution in [-0.2, 0) is 13.1 Å². The Balaban J connectivity index is 1.87. The van der Waals surface area contributed by atoms with E-state index in [0.717, 1.165) is 11.1 Å². The maximum Gasteiger partial charge on any atom is 0.129 e. The topological polar surface area (TPSA) is 27.1 Å². The summed E-state index contributed by atoms with van der Waals surface area (Å²) in [4.78, 5) is 1.89. The van der Waals surface area contributed by atoms with Crippen LogP contribution < -0.4 is 0 Å². The van der Waals surface area contributed by atoms with Crippen LogP contribution in [0.3, 0.4) is 0 Å². The highest BCUT2D eigenvalue weighted by Crippen LogP contribution is 2.26. The molecule has 0 saturated heterocycles. The minimum atomic E-state index is -0.303. The lowest BCUT2D eigenvalue weighted by atomic mass is 10.1. The standard InChI is InChI=1S/C15H12ClFN2/c16-14-4-2-1-3-11(14)9-19-8-10-5-6-12(17)7-13(10)15(19)18/h1-7,18H,8-9H2. The Kier molecular flexibility index (Phi) is 2.99. The van der Waals surface area contributed by atoms with Gasteiger partial charge in [-0.25, -0.2) is 4.39 Å². The molecular formula is C15H12ClFN2. The third kappa shape index (κ3) is 2.22. The molecule has 96 valence electrons. The first-order valence-electron chi connectivity index (χ1n) is 6.01. The second kappa shape index (κ2) is 4.67. The number of hydrogen-bond donors (Lipinski definition) is 1. The molecule has 1 aliphatic heterocycles. The molecule has 1 N–H and O–H groups in total. The molecule has 0 radical (unpaired) electrons. The van der Waals surface area contributed by atoms with Gasteiger partial charge in [0.15, 0.2) is 0 Å². The second-order valence-electron chi connectivity index (χ2n) is 4.60. The predicted octanol–water partition coefficient (Wildman–Crippen LogP) is 3.82. The summed E-state index contributed by atoms with van der Waals surface area (Å²) in [7, 11) is 0. The molecular weight excluding hydrogens is 263 g/mol. The molecule has 0 saturated carbocycles. The van der Waals surface area contributed by atoms with Crippen molar-refractivity contribution in [1.29, 1.82) is 5.41 Å². The van der Waals surface area contributed by atoms with Crippen LogP contribution in [0.2, 0.25) is 5.02 Å². The Bertz CT molecular complexity index is 654. The van der Waals surface area contributed by atoms with Crippen LogP contribution in [0.15, 0.2) is 42.5 Å². The number of nitrogens with one attached hydrogen (secondary N) is 1. The Labute approximate surface area is 115 Å². The van der Waals surface area contributed by atoms with Gasteiger partial charge in [-0.2, -0.15) is 0 Å². The predicted molar refractivity (Wildman–Crippen MR) is 73.9 cm³/mol. The van der Waals surface area contributed by atoms with Gasteiger partial charge in [-0.15, -0.1) is 0 Å². The zero-order valence-electron chi connectivity index (χ0n) is 10.2. The van der Waals surface area contributed by atoms with Gasteiger partial charge < -0.3 is 4.90 Å². The molecule has 4 heteroatoms. The summed E-state index contributed by atoms with van der Waals surface area (Å²) in [5.74, 6) is 0.0533. The fraction of sp³-hybridized carbons (Fsp3) is 0.133. The Morgan fingerprint density at radius 2 is 2.00 bits per heavy atom. The zero-order valence-corrected chi connectivity index (χ0v) is 10.9. The van der Waals surface area contributed by atoms with E-state index < -0.39 is 0 Å². The molecule has 2 aromatic rings. The largest absolute Gasteiger partial charge is 0.348 e. The lowest BCUT2D eigenvalue weighted by molar-refractivity contribution is 0.422. The van der Waals surface area contributed by atoms with Gasteiger partial charge >= 0.3 is 0 Å². The van der Waals surface area contributed by atoms with Gasteiger partial charge in [0.05, 0.1) is 0 Å². The van der Waals surface area contributed by atoms with Crippen molar-refractivity contribution >= 4 is 17.4 Å². The summed E-state index contributed by atoms with van der Waals surface area (Å²) in [5, 5.41) is 8.81. The van der Waals surface area contributed by atoms with E-state index in [9.17, 15) is 4.39 Å². The first kappa shape index (κ1) is 12.2. The quantitative estimate of drug-likeness (QED) is 0.885. The second-order valence-corrected chi connectivity index (χ2v) is 5.00. The van der Waals surface area contributed by atoms with Crippen molar-refractivity contribution < 1.29 is 4.39 Å². The molecule has 0 amide bonds. The Morgan fingerprint density at radius 1 is 1.21 bits per heavy atom. The molecule has 0 aromatic heterocycles. The van der Waals surface area contributed by atoms with Gasteiger partial charge in [0.1, 0.15) is 11.7 Å². The normalized spacial score (nSPS) is 13.8. The maximum atomic E-state index is 13.2. The Hall–Kier alpha value is -1.87.